The highest BCUT2D eigenvalue weighted by Crippen LogP contribution is 2.39. The average molecular weight is 374 g/mol. The second kappa shape index (κ2) is 6.25. The number of aryl methyl sites for hydroxylation is 1. The molecular formula is C21H15FN4S. The van der Waals surface area contributed by atoms with E-state index in [1.54, 1.807) is 29.7 Å². The molecule has 0 N–H and O–H groups in total. The fourth-order valence-corrected chi connectivity index (χ4v) is 4.54. The molecule has 6 heteroatoms. The van der Waals surface area contributed by atoms with Crippen molar-refractivity contribution in [1.29, 1.82) is 0 Å². The second-order valence-electron chi connectivity index (χ2n) is 6.33. The molecule has 0 unspecified atom stereocenters. The Kier molecular flexibility index (Phi) is 3.72. The molecule has 0 spiro atoms. The number of hydrogen-bond donors (Lipinski definition) is 0. The van der Waals surface area contributed by atoms with E-state index in [2.05, 4.69) is 10.1 Å². The Morgan fingerprint density at radius 3 is 2.78 bits per heavy atom. The van der Waals surface area contributed by atoms with Crippen molar-refractivity contribution in [3.63, 3.8) is 0 Å². The standard InChI is InChI=1S/C21H15FN4S/c1-13-18(17-10-4-5-12-26(17)25-13)21-24-19(14-7-2-3-8-15(14)22)20(27-21)16-9-6-11-23-16/h2-8,10-12H,9H2,1H3. The number of aromatic nitrogens is 3. The number of fused-ring (bicyclic) bond motifs is 1. The zero-order valence-electron chi connectivity index (χ0n) is 14.6. The van der Waals surface area contributed by atoms with Gasteiger partial charge in [-0.15, -0.1) is 11.3 Å². The predicted molar refractivity (Wildman–Crippen MR) is 107 cm³/mol. The topological polar surface area (TPSA) is 42.5 Å². The molecule has 4 aromatic rings. The fraction of sp³-hybridized carbons (Fsp3) is 0.0952. The SMILES string of the molecule is Cc1nn2ccccc2c1-c1nc(-c2ccccc2F)c(C2=NC=CC2)s1. The van der Waals surface area contributed by atoms with Gasteiger partial charge in [-0.25, -0.2) is 13.9 Å². The van der Waals surface area contributed by atoms with E-state index in [1.807, 2.05) is 48.0 Å². The van der Waals surface area contributed by atoms with Gasteiger partial charge in [0.05, 0.1) is 33.1 Å². The summed E-state index contributed by atoms with van der Waals surface area (Å²) >= 11 is 1.55. The van der Waals surface area contributed by atoms with Crippen LogP contribution in [0, 0.1) is 12.7 Å². The number of benzene rings is 1. The third kappa shape index (κ3) is 2.61. The van der Waals surface area contributed by atoms with Gasteiger partial charge < -0.3 is 0 Å². The maximum atomic E-state index is 14.5. The number of thiazole rings is 1. The molecule has 5 rings (SSSR count). The Morgan fingerprint density at radius 2 is 1.96 bits per heavy atom. The molecule has 0 amide bonds. The smallest absolute Gasteiger partial charge is 0.132 e. The zero-order valence-corrected chi connectivity index (χ0v) is 15.4. The van der Waals surface area contributed by atoms with Crippen LogP contribution < -0.4 is 0 Å². The number of hydrogen-bond acceptors (Lipinski definition) is 4. The summed E-state index contributed by atoms with van der Waals surface area (Å²) in [7, 11) is 0. The second-order valence-corrected chi connectivity index (χ2v) is 7.33. The highest BCUT2D eigenvalue weighted by molar-refractivity contribution is 7.17. The lowest BCUT2D eigenvalue weighted by Gasteiger charge is -2.03. The molecule has 0 saturated carbocycles. The number of allylic oxidation sites excluding steroid dienone is 1. The lowest BCUT2D eigenvalue weighted by atomic mass is 10.1. The van der Waals surface area contributed by atoms with Gasteiger partial charge in [0.25, 0.3) is 0 Å². The molecule has 1 aromatic carbocycles. The van der Waals surface area contributed by atoms with Crippen LogP contribution in [0.2, 0.25) is 0 Å². The van der Waals surface area contributed by atoms with Crippen LogP contribution in [0.1, 0.15) is 17.0 Å². The van der Waals surface area contributed by atoms with Gasteiger partial charge >= 0.3 is 0 Å². The minimum atomic E-state index is -0.279. The number of nitrogens with zero attached hydrogens (tertiary/aromatic N) is 4. The highest BCUT2D eigenvalue weighted by atomic mass is 32.1. The van der Waals surface area contributed by atoms with Crippen molar-refractivity contribution in [3.05, 3.63) is 77.3 Å². The number of pyridine rings is 1. The molecule has 0 saturated heterocycles. The number of halogens is 1. The molecule has 0 atom stereocenters. The lowest BCUT2D eigenvalue weighted by molar-refractivity contribution is 0.631. The molecular weight excluding hydrogens is 359 g/mol. The third-order valence-electron chi connectivity index (χ3n) is 4.59. The van der Waals surface area contributed by atoms with Gasteiger partial charge in [0.1, 0.15) is 10.8 Å². The monoisotopic (exact) mass is 374 g/mol. The van der Waals surface area contributed by atoms with Crippen molar-refractivity contribution in [2.24, 2.45) is 4.99 Å². The molecule has 0 aliphatic carbocycles. The summed E-state index contributed by atoms with van der Waals surface area (Å²) in [6.45, 7) is 1.97. The van der Waals surface area contributed by atoms with Crippen LogP contribution in [0.25, 0.3) is 27.3 Å². The maximum absolute atomic E-state index is 14.5. The van der Waals surface area contributed by atoms with Crippen molar-refractivity contribution in [3.8, 4) is 21.8 Å². The summed E-state index contributed by atoms with van der Waals surface area (Å²) in [5, 5.41) is 5.41. The summed E-state index contributed by atoms with van der Waals surface area (Å²) in [4.78, 5) is 10.2. The van der Waals surface area contributed by atoms with Crippen LogP contribution in [0.4, 0.5) is 4.39 Å². The van der Waals surface area contributed by atoms with Gasteiger partial charge in [0.15, 0.2) is 0 Å². The molecule has 4 nitrogen and oxygen atoms in total. The van der Waals surface area contributed by atoms with Gasteiger partial charge in [-0.05, 0) is 31.2 Å². The quantitative estimate of drug-likeness (QED) is 0.490. The predicted octanol–water partition coefficient (Wildman–Crippen LogP) is 5.28. The number of rotatable bonds is 3. The first-order valence-corrected chi connectivity index (χ1v) is 9.46. The van der Waals surface area contributed by atoms with Crippen LogP contribution in [0.3, 0.4) is 0 Å². The van der Waals surface area contributed by atoms with Crippen LogP contribution in [-0.4, -0.2) is 20.3 Å². The molecule has 1 aliphatic rings. The number of aliphatic imine (C=N–C) groups is 1. The molecule has 0 fully saturated rings. The van der Waals surface area contributed by atoms with Crippen molar-refractivity contribution >= 4 is 22.6 Å². The van der Waals surface area contributed by atoms with Gasteiger partial charge in [0, 0.05) is 24.4 Å². The van der Waals surface area contributed by atoms with Gasteiger partial charge in [-0.2, -0.15) is 5.10 Å². The van der Waals surface area contributed by atoms with Crippen molar-refractivity contribution in [2.45, 2.75) is 13.3 Å². The summed E-state index contributed by atoms with van der Waals surface area (Å²) in [5.41, 5.74) is 4.93. The molecule has 3 aromatic heterocycles. The first-order chi connectivity index (χ1) is 13.2. The van der Waals surface area contributed by atoms with E-state index in [9.17, 15) is 4.39 Å². The third-order valence-corrected chi connectivity index (χ3v) is 5.72. The average Bonchev–Trinajstić information content (AvgIpc) is 3.39. The van der Waals surface area contributed by atoms with E-state index < -0.39 is 0 Å². The Morgan fingerprint density at radius 1 is 1.11 bits per heavy atom. The van der Waals surface area contributed by atoms with E-state index >= 15 is 0 Å². The molecule has 0 radical (unpaired) electrons. The van der Waals surface area contributed by atoms with E-state index in [1.165, 1.54) is 6.07 Å². The van der Waals surface area contributed by atoms with Crippen molar-refractivity contribution in [2.75, 3.05) is 0 Å². The van der Waals surface area contributed by atoms with E-state index in [-0.39, 0.29) is 5.82 Å². The first-order valence-electron chi connectivity index (χ1n) is 8.64. The Bertz CT molecular complexity index is 1230. The van der Waals surface area contributed by atoms with Crippen molar-refractivity contribution < 1.29 is 4.39 Å². The molecule has 1 aliphatic heterocycles. The first kappa shape index (κ1) is 16.1. The Hall–Kier alpha value is -3.12. The lowest BCUT2D eigenvalue weighted by Crippen LogP contribution is -1.97. The van der Waals surface area contributed by atoms with E-state index in [4.69, 9.17) is 4.98 Å². The van der Waals surface area contributed by atoms with Crippen LogP contribution in [0.5, 0.6) is 0 Å². The Labute approximate surface area is 159 Å². The van der Waals surface area contributed by atoms with Gasteiger partial charge in [-0.3, -0.25) is 4.99 Å². The highest BCUT2D eigenvalue weighted by Gasteiger charge is 2.23. The Balaban J connectivity index is 1.76. The largest absolute Gasteiger partial charge is 0.260 e. The molecule has 4 heterocycles. The summed E-state index contributed by atoms with van der Waals surface area (Å²) in [5.74, 6) is -0.279. The molecule has 132 valence electrons. The van der Waals surface area contributed by atoms with E-state index in [0.29, 0.717) is 11.3 Å². The summed E-state index contributed by atoms with van der Waals surface area (Å²) in [6.07, 6.45) is 6.45. The zero-order chi connectivity index (χ0) is 18.4. The summed E-state index contributed by atoms with van der Waals surface area (Å²) < 4.78 is 16.4. The summed E-state index contributed by atoms with van der Waals surface area (Å²) in [6, 6.07) is 12.7. The van der Waals surface area contributed by atoms with E-state index in [0.717, 1.165) is 38.8 Å². The molecule has 27 heavy (non-hydrogen) atoms. The minimum Gasteiger partial charge on any atom is -0.260 e. The van der Waals surface area contributed by atoms with Gasteiger partial charge in [-0.1, -0.05) is 24.3 Å². The maximum Gasteiger partial charge on any atom is 0.132 e. The normalized spacial score (nSPS) is 13.5. The van der Waals surface area contributed by atoms with Crippen molar-refractivity contribution in [1.82, 2.24) is 14.6 Å². The molecule has 0 bridgehead atoms. The minimum absolute atomic E-state index is 0.279. The van der Waals surface area contributed by atoms with Crippen LogP contribution in [-0.2, 0) is 0 Å². The van der Waals surface area contributed by atoms with Crippen LogP contribution >= 0.6 is 11.3 Å². The fourth-order valence-electron chi connectivity index (χ4n) is 3.35. The van der Waals surface area contributed by atoms with Gasteiger partial charge in [0.2, 0.25) is 0 Å². The van der Waals surface area contributed by atoms with Crippen LogP contribution in [0.15, 0.2) is 65.9 Å².